The fraction of sp³-hybridized carbons (Fsp3) is 0.423. The van der Waals surface area contributed by atoms with Crippen LogP contribution in [0.3, 0.4) is 0 Å². The molecule has 0 bridgehead atoms. The largest absolute Gasteiger partial charge is 0.508 e. The highest BCUT2D eigenvalue weighted by atomic mass is 16.5. The molecule has 3 heterocycles. The van der Waals surface area contributed by atoms with E-state index in [9.17, 15) is 55.9 Å². The number of fused-ring (bicyclic) bond motifs is 1. The van der Waals surface area contributed by atoms with Gasteiger partial charge in [0.1, 0.15) is 83.3 Å². The van der Waals surface area contributed by atoms with Gasteiger partial charge in [0.05, 0.1) is 24.3 Å². The predicted octanol–water partition coefficient (Wildman–Crippen LogP) is -1.75. The standard InChI is InChI=1S/C26H28O14/c27-6-13-18(32)21(35)23(37)26(40-13)16-20(34)15(25-22(36)17(31)11(30)7-38-25)19(33)14-10(29)5-12(39-24(14)16)8-1-3-9(28)4-2-8/h1-5,11,13,17-18,21-23,25-28,30-37H,6-7H2/t11-,13+,17-,18+,21-,22-,23+,25-,26-/m0/s1. The third-order valence-corrected chi connectivity index (χ3v) is 7.31. The molecule has 40 heavy (non-hydrogen) atoms. The second-order valence-electron chi connectivity index (χ2n) is 9.80. The quantitative estimate of drug-likeness (QED) is 0.169. The van der Waals surface area contributed by atoms with E-state index in [0.717, 1.165) is 6.07 Å². The van der Waals surface area contributed by atoms with E-state index in [1.54, 1.807) is 0 Å². The number of rotatable bonds is 4. The number of aromatic hydroxyl groups is 3. The minimum atomic E-state index is -1.96. The average Bonchev–Trinajstić information content (AvgIpc) is 2.92. The summed E-state index contributed by atoms with van der Waals surface area (Å²) in [5.41, 5.74) is -2.19. The van der Waals surface area contributed by atoms with E-state index in [4.69, 9.17) is 13.9 Å². The molecule has 0 aliphatic carbocycles. The van der Waals surface area contributed by atoms with E-state index in [-0.39, 0.29) is 11.5 Å². The van der Waals surface area contributed by atoms with Gasteiger partial charge in [0.25, 0.3) is 0 Å². The molecule has 0 saturated carbocycles. The molecule has 5 rings (SSSR count). The number of aliphatic hydroxyl groups excluding tert-OH is 7. The molecule has 2 aliphatic heterocycles. The van der Waals surface area contributed by atoms with E-state index in [2.05, 4.69) is 0 Å². The summed E-state index contributed by atoms with van der Waals surface area (Å²) in [6.07, 6.45) is -15.7. The van der Waals surface area contributed by atoms with Gasteiger partial charge < -0.3 is 65.0 Å². The van der Waals surface area contributed by atoms with Gasteiger partial charge in [-0.05, 0) is 24.3 Å². The molecule has 2 saturated heterocycles. The lowest BCUT2D eigenvalue weighted by atomic mass is 9.85. The summed E-state index contributed by atoms with van der Waals surface area (Å²) >= 11 is 0. The maximum atomic E-state index is 13.4. The molecule has 1 aromatic heterocycles. The van der Waals surface area contributed by atoms with Crippen molar-refractivity contribution >= 4 is 11.0 Å². The second kappa shape index (κ2) is 10.6. The van der Waals surface area contributed by atoms with Crippen LogP contribution < -0.4 is 5.43 Å². The van der Waals surface area contributed by atoms with E-state index < -0.39 is 107 Å². The number of ether oxygens (including phenoxy) is 2. The van der Waals surface area contributed by atoms with Gasteiger partial charge in [-0.25, -0.2) is 0 Å². The third kappa shape index (κ3) is 4.49. The van der Waals surface area contributed by atoms with E-state index in [1.807, 2.05) is 0 Å². The second-order valence-corrected chi connectivity index (χ2v) is 9.80. The Kier molecular flexibility index (Phi) is 7.47. The fourth-order valence-electron chi connectivity index (χ4n) is 5.11. The molecule has 9 atom stereocenters. The number of hydrogen-bond donors (Lipinski definition) is 10. The summed E-state index contributed by atoms with van der Waals surface area (Å²) in [7, 11) is 0. The first-order valence-electron chi connectivity index (χ1n) is 12.3. The SMILES string of the molecule is O=c1cc(-c2ccc(O)cc2)oc2c([C@@H]3O[C@H](CO)[C@@H](O)[C@H](O)[C@H]3O)c(O)c([C@@H]3OC[C@H](O)[C@H](O)[C@@H]3O)c(O)c12. The lowest BCUT2D eigenvalue weighted by Crippen LogP contribution is -2.55. The monoisotopic (exact) mass is 564 g/mol. The highest BCUT2D eigenvalue weighted by molar-refractivity contribution is 5.92. The van der Waals surface area contributed by atoms with Gasteiger partial charge in [0.15, 0.2) is 11.0 Å². The summed E-state index contributed by atoms with van der Waals surface area (Å²) in [5.74, 6) is -2.00. The lowest BCUT2D eigenvalue weighted by Gasteiger charge is -2.41. The molecule has 0 spiro atoms. The molecule has 2 aliphatic rings. The molecule has 0 unspecified atom stereocenters. The van der Waals surface area contributed by atoms with Crippen molar-refractivity contribution in [1.29, 1.82) is 0 Å². The Morgan fingerprint density at radius 1 is 0.775 bits per heavy atom. The van der Waals surface area contributed by atoms with Crippen LogP contribution in [0, 0.1) is 0 Å². The molecule has 0 radical (unpaired) electrons. The Morgan fingerprint density at radius 3 is 2.08 bits per heavy atom. The van der Waals surface area contributed by atoms with Crippen molar-refractivity contribution in [2.45, 2.75) is 54.9 Å². The van der Waals surface area contributed by atoms with E-state index >= 15 is 0 Å². The van der Waals surface area contributed by atoms with Gasteiger partial charge >= 0.3 is 0 Å². The molecule has 3 aromatic rings. The Labute approximate surface area is 224 Å². The van der Waals surface area contributed by atoms with E-state index in [1.165, 1.54) is 24.3 Å². The topological polar surface area (TPSA) is 251 Å². The molecule has 14 nitrogen and oxygen atoms in total. The van der Waals surface area contributed by atoms with Gasteiger partial charge in [-0.1, -0.05) is 0 Å². The number of aliphatic hydroxyl groups is 7. The van der Waals surface area contributed by atoms with Gasteiger partial charge in [0, 0.05) is 11.6 Å². The van der Waals surface area contributed by atoms with Crippen molar-refractivity contribution in [3.8, 4) is 28.6 Å². The van der Waals surface area contributed by atoms with Crippen LogP contribution in [-0.2, 0) is 9.47 Å². The Balaban J connectivity index is 1.81. The van der Waals surface area contributed by atoms with Crippen LogP contribution in [-0.4, -0.2) is 107 Å². The predicted molar refractivity (Wildman–Crippen MR) is 132 cm³/mol. The molecule has 10 N–H and O–H groups in total. The first kappa shape index (κ1) is 28.2. The van der Waals surface area contributed by atoms with E-state index in [0.29, 0.717) is 5.56 Å². The Morgan fingerprint density at radius 2 is 1.43 bits per heavy atom. The van der Waals surface area contributed by atoms with Crippen LogP contribution in [0.25, 0.3) is 22.3 Å². The first-order valence-corrected chi connectivity index (χ1v) is 12.3. The fourth-order valence-corrected chi connectivity index (χ4v) is 5.11. The number of phenolic OH excluding ortho intramolecular Hbond substituents is 3. The molecule has 2 aromatic carbocycles. The summed E-state index contributed by atoms with van der Waals surface area (Å²) in [5, 5.41) is 104. The van der Waals surface area contributed by atoms with Gasteiger partial charge in [-0.3, -0.25) is 4.79 Å². The van der Waals surface area contributed by atoms with Crippen LogP contribution in [0.1, 0.15) is 23.3 Å². The van der Waals surface area contributed by atoms with Crippen molar-refractivity contribution < 1.29 is 65.0 Å². The molecular formula is C26H28O14. The van der Waals surface area contributed by atoms with Crippen LogP contribution in [0.5, 0.6) is 17.2 Å². The van der Waals surface area contributed by atoms with Crippen molar-refractivity contribution in [3.05, 3.63) is 51.7 Å². The Bertz CT molecular complexity index is 1450. The van der Waals surface area contributed by atoms with Crippen LogP contribution in [0.2, 0.25) is 0 Å². The summed E-state index contributed by atoms with van der Waals surface area (Å²) in [6.45, 7) is -1.34. The first-order chi connectivity index (χ1) is 19.0. The maximum absolute atomic E-state index is 13.4. The van der Waals surface area contributed by atoms with Gasteiger partial charge in [-0.15, -0.1) is 0 Å². The van der Waals surface area contributed by atoms with Crippen molar-refractivity contribution in [1.82, 2.24) is 0 Å². The van der Waals surface area contributed by atoms with Crippen LogP contribution in [0.15, 0.2) is 39.5 Å². The normalized spacial score (nSPS) is 32.8. The molecule has 2 fully saturated rings. The van der Waals surface area contributed by atoms with Crippen LogP contribution in [0.4, 0.5) is 0 Å². The highest BCUT2D eigenvalue weighted by Gasteiger charge is 2.48. The zero-order valence-corrected chi connectivity index (χ0v) is 20.6. The van der Waals surface area contributed by atoms with Gasteiger partial charge in [0.2, 0.25) is 0 Å². The van der Waals surface area contributed by atoms with Crippen molar-refractivity contribution in [2.24, 2.45) is 0 Å². The molecule has 216 valence electrons. The molecule has 0 amide bonds. The summed E-state index contributed by atoms with van der Waals surface area (Å²) < 4.78 is 16.9. The molecular weight excluding hydrogens is 536 g/mol. The zero-order chi connectivity index (χ0) is 29.0. The summed E-state index contributed by atoms with van der Waals surface area (Å²) in [4.78, 5) is 13.4. The third-order valence-electron chi connectivity index (χ3n) is 7.31. The number of hydrogen-bond acceptors (Lipinski definition) is 14. The number of phenols is 3. The zero-order valence-electron chi connectivity index (χ0n) is 20.6. The average molecular weight is 564 g/mol. The van der Waals surface area contributed by atoms with Gasteiger partial charge in [-0.2, -0.15) is 0 Å². The number of benzene rings is 2. The van der Waals surface area contributed by atoms with Crippen molar-refractivity contribution in [2.75, 3.05) is 13.2 Å². The van der Waals surface area contributed by atoms with Crippen LogP contribution >= 0.6 is 0 Å². The minimum absolute atomic E-state index is 0.0767. The maximum Gasteiger partial charge on any atom is 0.197 e. The minimum Gasteiger partial charge on any atom is -0.508 e. The highest BCUT2D eigenvalue weighted by Crippen LogP contribution is 2.50. The summed E-state index contributed by atoms with van der Waals surface area (Å²) in [6, 6.07) is 6.47. The lowest BCUT2D eigenvalue weighted by molar-refractivity contribution is -0.231. The van der Waals surface area contributed by atoms with Crippen molar-refractivity contribution in [3.63, 3.8) is 0 Å². The smallest absolute Gasteiger partial charge is 0.197 e. The Hall–Kier alpha value is -3.31. The molecule has 14 heteroatoms.